The molecule has 1 aromatic carbocycles. The molecule has 0 saturated heterocycles. The summed E-state index contributed by atoms with van der Waals surface area (Å²) in [5.74, 6) is 0.204. The summed E-state index contributed by atoms with van der Waals surface area (Å²) in [4.78, 5) is 47.2. The van der Waals surface area contributed by atoms with E-state index >= 15 is 0 Å². The number of hydrogen-bond acceptors (Lipinski definition) is 8. The molecule has 0 aliphatic rings. The minimum Gasteiger partial charge on any atom is -0.446 e. The fraction of sp³-hybridized carbons (Fsp3) is 0.467. The third-order valence-electron chi connectivity index (χ3n) is 5.70. The van der Waals surface area contributed by atoms with Crippen LogP contribution in [0.25, 0.3) is 0 Å². The van der Waals surface area contributed by atoms with Crippen molar-refractivity contribution in [1.82, 2.24) is 21.3 Å². The van der Waals surface area contributed by atoms with Gasteiger partial charge in [-0.15, -0.1) is 0 Å². The number of rotatable bonds is 20. The van der Waals surface area contributed by atoms with E-state index in [1.54, 1.807) is 18.2 Å². The quantitative estimate of drug-likeness (QED) is 0.0981. The number of ether oxygens (including phenoxy) is 4. The van der Waals surface area contributed by atoms with Crippen molar-refractivity contribution in [1.29, 1.82) is 0 Å². The molecular weight excluding hydrogens is 544 g/mol. The lowest BCUT2D eigenvalue weighted by atomic mass is 9.98. The molecule has 1 atom stereocenters. The van der Waals surface area contributed by atoms with E-state index in [0.717, 1.165) is 30.4 Å². The summed E-state index contributed by atoms with van der Waals surface area (Å²) in [6, 6.07) is 9.42. The summed E-state index contributed by atoms with van der Waals surface area (Å²) < 4.78 is 20.0. The van der Waals surface area contributed by atoms with Crippen LogP contribution in [0.4, 0.5) is 19.2 Å². The first kappa shape index (κ1) is 35.5. The van der Waals surface area contributed by atoms with Gasteiger partial charge in [0.25, 0.3) is 0 Å². The Balaban J connectivity index is 2.09. The maximum Gasteiger partial charge on any atom is 0.407 e. The van der Waals surface area contributed by atoms with Crippen LogP contribution in [0.15, 0.2) is 67.3 Å². The van der Waals surface area contributed by atoms with Crippen molar-refractivity contribution in [3.05, 3.63) is 72.9 Å². The number of nitrogens with one attached hydrogen (secondary N) is 4. The summed E-state index contributed by atoms with van der Waals surface area (Å²) >= 11 is 0. The van der Waals surface area contributed by atoms with Crippen LogP contribution in [0.5, 0.6) is 0 Å². The van der Waals surface area contributed by atoms with Gasteiger partial charge in [0.15, 0.2) is 0 Å². The fourth-order valence-electron chi connectivity index (χ4n) is 3.60. The SMILES string of the molecule is C=C/C=C(\C=C)CNC(=O)OCCOC(=O)NCCCC(CCC)CNC(=O)OCCOC(=O)NCc1ccccc1. The molecule has 0 aliphatic heterocycles. The largest absolute Gasteiger partial charge is 0.446 e. The molecule has 0 radical (unpaired) electrons. The van der Waals surface area contributed by atoms with Crippen LogP contribution in [-0.2, 0) is 25.5 Å². The highest BCUT2D eigenvalue weighted by Crippen LogP contribution is 2.12. The molecule has 1 rings (SSSR count). The molecule has 1 aromatic rings. The smallest absolute Gasteiger partial charge is 0.407 e. The van der Waals surface area contributed by atoms with Crippen LogP contribution in [0.3, 0.4) is 0 Å². The highest BCUT2D eigenvalue weighted by molar-refractivity contribution is 5.69. The molecule has 0 heterocycles. The van der Waals surface area contributed by atoms with Gasteiger partial charge in [0.2, 0.25) is 0 Å². The second kappa shape index (κ2) is 23.2. The van der Waals surface area contributed by atoms with Crippen LogP contribution in [-0.4, -0.2) is 70.4 Å². The first-order chi connectivity index (χ1) is 20.4. The van der Waals surface area contributed by atoms with Gasteiger partial charge < -0.3 is 40.2 Å². The van der Waals surface area contributed by atoms with Gasteiger partial charge in [0.1, 0.15) is 26.4 Å². The highest BCUT2D eigenvalue weighted by atomic mass is 16.6. The molecule has 0 aromatic heterocycles. The molecule has 0 fully saturated rings. The van der Waals surface area contributed by atoms with Gasteiger partial charge in [-0.3, -0.25) is 0 Å². The van der Waals surface area contributed by atoms with Crippen molar-refractivity contribution in [3.8, 4) is 0 Å². The maximum atomic E-state index is 12.0. The van der Waals surface area contributed by atoms with E-state index in [-0.39, 0.29) is 38.9 Å². The second-order valence-electron chi connectivity index (χ2n) is 9.02. The Morgan fingerprint density at radius 3 is 1.93 bits per heavy atom. The first-order valence-electron chi connectivity index (χ1n) is 14.0. The van der Waals surface area contributed by atoms with Gasteiger partial charge in [-0.1, -0.05) is 75.1 Å². The minimum atomic E-state index is -0.634. The van der Waals surface area contributed by atoms with E-state index in [9.17, 15) is 19.2 Å². The molecule has 0 saturated carbocycles. The third kappa shape index (κ3) is 18.7. The number of carbonyl (C=O) groups excluding carboxylic acids is 4. The molecule has 4 N–H and O–H groups in total. The van der Waals surface area contributed by atoms with E-state index in [1.807, 2.05) is 30.3 Å². The number of benzene rings is 1. The molecule has 12 nitrogen and oxygen atoms in total. The van der Waals surface area contributed by atoms with Crippen LogP contribution in [0, 0.1) is 5.92 Å². The second-order valence-corrected chi connectivity index (χ2v) is 9.02. The Morgan fingerprint density at radius 1 is 0.786 bits per heavy atom. The van der Waals surface area contributed by atoms with Gasteiger partial charge in [0, 0.05) is 26.2 Å². The molecule has 0 spiro atoms. The van der Waals surface area contributed by atoms with Crippen molar-refractivity contribution in [3.63, 3.8) is 0 Å². The molecule has 12 heteroatoms. The van der Waals surface area contributed by atoms with Gasteiger partial charge in [-0.25, -0.2) is 19.2 Å². The number of amides is 4. The molecular formula is C30H44N4O8. The van der Waals surface area contributed by atoms with Crippen molar-refractivity contribution in [2.45, 2.75) is 39.2 Å². The van der Waals surface area contributed by atoms with Gasteiger partial charge >= 0.3 is 24.4 Å². The van der Waals surface area contributed by atoms with E-state index in [4.69, 9.17) is 18.9 Å². The lowest BCUT2D eigenvalue weighted by Gasteiger charge is -2.17. The van der Waals surface area contributed by atoms with Gasteiger partial charge in [-0.05, 0) is 36.3 Å². The van der Waals surface area contributed by atoms with E-state index < -0.39 is 24.4 Å². The Bertz CT molecular complexity index is 1000. The standard InChI is InChI=1S/C30H44N4O8/c1-4-11-24(6-3)21-32-28(36)40-18-17-39-27(35)31-16-10-15-25(12-5-2)22-33-29(37)41-19-20-42-30(38)34-23-26-13-8-7-9-14-26/h4,6-9,11,13-14,25H,1,3,5,10,12,15-23H2,2H3,(H,31,35)(H,32,36)(H,33,37)(H,34,38)/b24-11+. The maximum absolute atomic E-state index is 12.0. The molecule has 4 amide bonds. The first-order valence-corrected chi connectivity index (χ1v) is 14.0. The molecule has 0 bridgehead atoms. The summed E-state index contributed by atoms with van der Waals surface area (Å²) in [6.45, 7) is 10.4. The van der Waals surface area contributed by atoms with Crippen molar-refractivity contribution < 1.29 is 38.1 Å². The third-order valence-corrected chi connectivity index (χ3v) is 5.70. The van der Waals surface area contributed by atoms with Gasteiger partial charge in [0.05, 0.1) is 0 Å². The molecule has 1 unspecified atom stereocenters. The zero-order valence-electron chi connectivity index (χ0n) is 24.4. The van der Waals surface area contributed by atoms with Gasteiger partial charge in [-0.2, -0.15) is 0 Å². The normalized spacial score (nSPS) is 11.3. The highest BCUT2D eigenvalue weighted by Gasteiger charge is 2.12. The molecule has 0 aliphatic carbocycles. The summed E-state index contributed by atoms with van der Waals surface area (Å²) in [5.41, 5.74) is 1.72. The van der Waals surface area contributed by atoms with Crippen molar-refractivity contribution >= 4 is 24.4 Å². The topological polar surface area (TPSA) is 153 Å². The zero-order chi connectivity index (χ0) is 30.8. The monoisotopic (exact) mass is 588 g/mol. The molecule has 232 valence electrons. The van der Waals surface area contributed by atoms with E-state index in [1.165, 1.54) is 0 Å². The average molecular weight is 589 g/mol. The lowest BCUT2D eigenvalue weighted by Crippen LogP contribution is -2.32. The fourth-order valence-corrected chi connectivity index (χ4v) is 3.60. The number of carbonyl (C=O) groups is 4. The Labute approximate surface area is 247 Å². The Kier molecular flexibility index (Phi) is 19.7. The number of hydrogen-bond donors (Lipinski definition) is 4. The summed E-state index contributed by atoms with van der Waals surface area (Å²) in [5, 5.41) is 10.6. The van der Waals surface area contributed by atoms with Crippen molar-refractivity contribution in [2.24, 2.45) is 5.92 Å². The predicted octanol–water partition coefficient (Wildman–Crippen LogP) is 4.59. The Hall–Kier alpha value is -4.48. The number of allylic oxidation sites excluding steroid dienone is 2. The van der Waals surface area contributed by atoms with E-state index in [2.05, 4.69) is 41.3 Å². The lowest BCUT2D eigenvalue weighted by molar-refractivity contribution is 0.0945. The zero-order valence-corrected chi connectivity index (χ0v) is 24.4. The van der Waals surface area contributed by atoms with Crippen LogP contribution < -0.4 is 21.3 Å². The average Bonchev–Trinajstić information content (AvgIpc) is 2.99. The predicted molar refractivity (Wildman–Crippen MR) is 159 cm³/mol. The number of alkyl carbamates (subject to hydrolysis) is 4. The summed E-state index contributed by atoms with van der Waals surface area (Å²) in [6.07, 6.45) is 5.78. The van der Waals surface area contributed by atoms with Crippen LogP contribution in [0.1, 0.15) is 38.2 Å². The van der Waals surface area contributed by atoms with E-state index in [0.29, 0.717) is 26.1 Å². The van der Waals surface area contributed by atoms with Crippen LogP contribution >= 0.6 is 0 Å². The van der Waals surface area contributed by atoms with Crippen molar-refractivity contribution in [2.75, 3.05) is 46.1 Å². The molecule has 42 heavy (non-hydrogen) atoms. The summed E-state index contributed by atoms with van der Waals surface area (Å²) in [7, 11) is 0. The minimum absolute atomic E-state index is 0.0577. The Morgan fingerprint density at radius 2 is 1.36 bits per heavy atom. The van der Waals surface area contributed by atoms with Crippen LogP contribution in [0.2, 0.25) is 0 Å².